The van der Waals surface area contributed by atoms with Gasteiger partial charge in [0.25, 0.3) is 5.91 Å². The second-order valence-electron chi connectivity index (χ2n) is 6.67. The maximum atomic E-state index is 12.3. The summed E-state index contributed by atoms with van der Waals surface area (Å²) >= 11 is 0. The average Bonchev–Trinajstić information content (AvgIpc) is 3.13. The number of hydrogen-bond acceptors (Lipinski definition) is 6. The number of amides is 3. The molecule has 0 radical (unpaired) electrons. The van der Waals surface area contributed by atoms with E-state index >= 15 is 0 Å². The first-order valence-electron chi connectivity index (χ1n) is 8.75. The molecule has 0 bridgehead atoms. The maximum absolute atomic E-state index is 12.3. The number of carbonyl (C=O) groups is 2. The fraction of sp³-hybridized carbons (Fsp3) is 0.389. The smallest absolute Gasteiger partial charge is 0.325 e. The molecule has 1 fully saturated rings. The number of carbonyl (C=O) groups excluding carboxylic acids is 2. The minimum atomic E-state index is -0.491. The lowest BCUT2D eigenvalue weighted by atomic mass is 10.1. The maximum Gasteiger partial charge on any atom is 0.325 e. The Bertz CT molecular complexity index is 790. The number of nitrogens with zero attached hydrogens (tertiary/aromatic N) is 4. The summed E-state index contributed by atoms with van der Waals surface area (Å²) < 4.78 is 0. The Labute approximate surface area is 152 Å². The number of fused-ring (bicyclic) bond motifs is 3. The van der Waals surface area contributed by atoms with Crippen LogP contribution < -0.4 is 10.6 Å². The minimum absolute atomic E-state index is 0.298. The summed E-state index contributed by atoms with van der Waals surface area (Å²) in [7, 11) is 1.66. The molecule has 1 aromatic rings. The molecule has 8 nitrogen and oxygen atoms in total. The molecule has 0 saturated carbocycles. The summed E-state index contributed by atoms with van der Waals surface area (Å²) in [6.45, 7) is 3.64. The molecule has 3 amide bonds. The molecule has 3 heterocycles. The number of hydrogen-bond donors (Lipinski definition) is 2. The fourth-order valence-corrected chi connectivity index (χ4v) is 3.55. The van der Waals surface area contributed by atoms with Crippen molar-refractivity contribution >= 4 is 23.6 Å². The number of nitrogens with one attached hydrogen (secondary N) is 2. The highest BCUT2D eigenvalue weighted by molar-refractivity contribution is 6.04. The predicted octanol–water partition coefficient (Wildman–Crippen LogP) is 1.21. The van der Waals surface area contributed by atoms with Crippen LogP contribution in [0.5, 0.6) is 0 Å². The van der Waals surface area contributed by atoms with Crippen molar-refractivity contribution in [1.82, 2.24) is 20.0 Å². The second kappa shape index (κ2) is 6.36. The van der Waals surface area contributed by atoms with E-state index < -0.39 is 18.2 Å². The van der Waals surface area contributed by atoms with Gasteiger partial charge in [-0.2, -0.15) is 0 Å². The van der Waals surface area contributed by atoms with Crippen molar-refractivity contribution < 1.29 is 9.59 Å². The van der Waals surface area contributed by atoms with Crippen molar-refractivity contribution in [2.75, 3.05) is 25.5 Å². The zero-order valence-electron chi connectivity index (χ0n) is 14.8. The second-order valence-corrected chi connectivity index (χ2v) is 6.67. The highest BCUT2D eigenvalue weighted by atomic mass is 16.2. The van der Waals surface area contributed by atoms with Crippen molar-refractivity contribution in [3.8, 4) is 0 Å². The normalized spacial score (nSPS) is 24.2. The molecule has 2 atom stereocenters. The number of allylic oxidation sites excluding steroid dienone is 1. The molecule has 0 aliphatic carbocycles. The van der Waals surface area contributed by atoms with Gasteiger partial charge in [0, 0.05) is 37.7 Å². The molecule has 3 aliphatic rings. The van der Waals surface area contributed by atoms with E-state index in [1.54, 1.807) is 7.05 Å². The van der Waals surface area contributed by atoms with Gasteiger partial charge in [0.1, 0.15) is 0 Å². The third-order valence-corrected chi connectivity index (χ3v) is 4.93. The molecule has 26 heavy (non-hydrogen) atoms. The zero-order valence-corrected chi connectivity index (χ0v) is 14.8. The van der Waals surface area contributed by atoms with Gasteiger partial charge in [-0.15, -0.1) is 0 Å². The number of guanidine groups is 1. The topological polar surface area (TPSA) is 80.3 Å². The lowest BCUT2D eigenvalue weighted by Gasteiger charge is -2.34. The molecule has 1 aromatic carbocycles. The first-order valence-corrected chi connectivity index (χ1v) is 8.75. The third kappa shape index (κ3) is 2.67. The van der Waals surface area contributed by atoms with E-state index in [4.69, 9.17) is 0 Å². The molecule has 1 saturated heterocycles. The van der Waals surface area contributed by atoms with Crippen LogP contribution >= 0.6 is 0 Å². The number of urea groups is 1. The first kappa shape index (κ1) is 16.4. The molecule has 2 N–H and O–H groups in total. The largest absolute Gasteiger partial charge is 0.385 e. The number of likely N-dealkylation sites (N-methyl/N-ethyl adjacent to an activating group) is 1. The van der Waals surface area contributed by atoms with Gasteiger partial charge in [0.15, 0.2) is 12.2 Å². The van der Waals surface area contributed by atoms with E-state index in [2.05, 4.69) is 20.5 Å². The molecule has 8 heteroatoms. The summed E-state index contributed by atoms with van der Waals surface area (Å²) in [4.78, 5) is 34.2. The lowest BCUT2D eigenvalue weighted by Crippen LogP contribution is -2.62. The van der Waals surface area contributed by atoms with Gasteiger partial charge in [-0.05, 0) is 25.5 Å². The number of benzene rings is 1. The van der Waals surface area contributed by atoms with Gasteiger partial charge < -0.3 is 20.0 Å². The number of imide groups is 1. The number of anilines is 1. The van der Waals surface area contributed by atoms with Crippen LogP contribution in [0.4, 0.5) is 10.5 Å². The molecule has 4 rings (SSSR count). The van der Waals surface area contributed by atoms with Crippen molar-refractivity contribution in [1.29, 1.82) is 0 Å². The van der Waals surface area contributed by atoms with Gasteiger partial charge in [0.2, 0.25) is 5.96 Å². The Balaban J connectivity index is 1.41. The van der Waals surface area contributed by atoms with E-state index in [1.807, 2.05) is 48.4 Å². The Morgan fingerprint density at radius 2 is 2.00 bits per heavy atom. The van der Waals surface area contributed by atoms with Crippen molar-refractivity contribution in [2.24, 2.45) is 4.99 Å². The summed E-state index contributed by atoms with van der Waals surface area (Å²) in [5.74, 6) is 0.447. The van der Waals surface area contributed by atoms with Crippen LogP contribution in [0.2, 0.25) is 0 Å². The van der Waals surface area contributed by atoms with E-state index in [0.29, 0.717) is 0 Å². The van der Waals surface area contributed by atoms with Crippen LogP contribution in [0.15, 0.2) is 47.2 Å². The standard InChI is InChI=1S/C18H22N6O2/c1-12-11-24-14-15(22(2)18(26)21-16(14)25)20-17(24)23(12)10-6-9-19-13-7-4-3-5-8-13/h3-5,7-8,11,14-15,19H,6,9-10H2,1-2H3,(H,21,25,26). The molecule has 0 aromatic heterocycles. The van der Waals surface area contributed by atoms with Crippen LogP contribution in [0.3, 0.4) is 0 Å². The molecule has 0 spiro atoms. The van der Waals surface area contributed by atoms with Gasteiger partial charge in [-0.25, -0.2) is 9.79 Å². The highest BCUT2D eigenvalue weighted by Crippen LogP contribution is 2.31. The summed E-state index contributed by atoms with van der Waals surface area (Å²) in [5, 5.41) is 5.78. The van der Waals surface area contributed by atoms with Crippen LogP contribution in [0, 0.1) is 0 Å². The molecule has 2 unspecified atom stereocenters. The minimum Gasteiger partial charge on any atom is -0.385 e. The van der Waals surface area contributed by atoms with E-state index in [-0.39, 0.29) is 5.91 Å². The van der Waals surface area contributed by atoms with Crippen LogP contribution in [0.1, 0.15) is 13.3 Å². The lowest BCUT2D eigenvalue weighted by molar-refractivity contribution is -0.126. The van der Waals surface area contributed by atoms with Crippen LogP contribution in [-0.4, -0.2) is 64.9 Å². The molecule has 3 aliphatic heterocycles. The summed E-state index contributed by atoms with van der Waals surface area (Å²) in [5.41, 5.74) is 2.15. The molecular formula is C18H22N6O2. The SMILES string of the molecule is CC1=CN2C(=NC3C2C(=O)NC(=O)N3C)N1CCCNc1ccccc1. The first-order chi connectivity index (χ1) is 12.6. The van der Waals surface area contributed by atoms with E-state index in [0.717, 1.165) is 36.9 Å². The van der Waals surface area contributed by atoms with Crippen molar-refractivity contribution in [2.45, 2.75) is 25.6 Å². The Morgan fingerprint density at radius 1 is 1.23 bits per heavy atom. The Morgan fingerprint density at radius 3 is 2.77 bits per heavy atom. The monoisotopic (exact) mass is 354 g/mol. The van der Waals surface area contributed by atoms with Gasteiger partial charge >= 0.3 is 6.03 Å². The quantitative estimate of drug-likeness (QED) is 0.777. The zero-order chi connectivity index (χ0) is 18.3. The number of aliphatic imine (C=N–C) groups is 1. The average molecular weight is 354 g/mol. The number of para-hydroxylation sites is 1. The highest BCUT2D eigenvalue weighted by Gasteiger charge is 2.51. The van der Waals surface area contributed by atoms with Crippen molar-refractivity contribution in [3.63, 3.8) is 0 Å². The third-order valence-electron chi connectivity index (χ3n) is 4.93. The van der Waals surface area contributed by atoms with Gasteiger partial charge in [0.05, 0.1) is 0 Å². The summed E-state index contributed by atoms with van der Waals surface area (Å²) in [6.07, 6.45) is 2.39. The molecule has 136 valence electrons. The Hall–Kier alpha value is -3.03. The van der Waals surface area contributed by atoms with E-state index in [1.165, 1.54) is 4.90 Å². The Kier molecular flexibility index (Phi) is 4.02. The van der Waals surface area contributed by atoms with E-state index in [9.17, 15) is 9.59 Å². The summed E-state index contributed by atoms with van der Waals surface area (Å²) in [6, 6.07) is 9.20. The number of rotatable bonds is 5. The predicted molar refractivity (Wildman–Crippen MR) is 98.2 cm³/mol. The van der Waals surface area contributed by atoms with Crippen LogP contribution in [-0.2, 0) is 4.79 Å². The van der Waals surface area contributed by atoms with Gasteiger partial charge in [-0.3, -0.25) is 10.1 Å². The van der Waals surface area contributed by atoms with Gasteiger partial charge in [-0.1, -0.05) is 18.2 Å². The van der Waals surface area contributed by atoms with Crippen molar-refractivity contribution in [3.05, 3.63) is 42.2 Å². The molecular weight excluding hydrogens is 332 g/mol. The van der Waals surface area contributed by atoms with Crippen LogP contribution in [0.25, 0.3) is 0 Å². The fourth-order valence-electron chi connectivity index (χ4n) is 3.55.